The summed E-state index contributed by atoms with van der Waals surface area (Å²) in [5, 5.41) is 16.1. The van der Waals surface area contributed by atoms with Crippen molar-refractivity contribution < 1.29 is 67.0 Å². The highest BCUT2D eigenvalue weighted by Gasteiger charge is 2.38. The Morgan fingerprint density at radius 1 is 0.791 bits per heavy atom. The summed E-state index contributed by atoms with van der Waals surface area (Å²) < 4.78 is 48.0. The molecule has 2 aliphatic rings. The van der Waals surface area contributed by atoms with Crippen LogP contribution in [0, 0.1) is 16.7 Å². The van der Waals surface area contributed by atoms with E-state index in [1.165, 1.54) is 32.9 Å². The van der Waals surface area contributed by atoms with Gasteiger partial charge in [0.1, 0.15) is 23.1 Å². The minimum Gasteiger partial charge on any atom is -0.502 e. The molecule has 0 aromatic rings. The lowest BCUT2D eigenvalue weighted by Gasteiger charge is -2.30. The zero-order chi connectivity index (χ0) is 58.9. The fourth-order valence-corrected chi connectivity index (χ4v) is 4.49. The maximum Gasteiger partial charge on any atom is 0.164 e. The Kier molecular flexibility index (Phi) is 49.9. The molecule has 394 valence electrons. The largest absolute Gasteiger partial charge is 0.502 e. The summed E-state index contributed by atoms with van der Waals surface area (Å²) in [6.45, 7) is 34.7. The lowest BCUT2D eigenvalue weighted by molar-refractivity contribution is -0.141. The average Bonchev–Trinajstić information content (AvgIpc) is 3.23. The third kappa shape index (κ3) is 71.2. The molecule has 67 heavy (non-hydrogen) atoms. The van der Waals surface area contributed by atoms with Crippen molar-refractivity contribution in [3.05, 3.63) is 47.8 Å². The molecule has 12 heteroatoms. The molecular weight excluding hydrogens is 853 g/mol. The molecular formula is C55H102O12. The summed E-state index contributed by atoms with van der Waals surface area (Å²) in [6.07, 6.45) is 9.93. The van der Waals surface area contributed by atoms with Crippen molar-refractivity contribution in [2.75, 3.05) is 7.11 Å². The molecule has 0 spiro atoms. The Balaban J connectivity index is -0.000000110. The number of hydrogen-bond acceptors (Lipinski definition) is 11. The zero-order valence-electron chi connectivity index (χ0n) is 51.8. The van der Waals surface area contributed by atoms with Gasteiger partial charge in [0.05, 0.1) is 14.2 Å². The Labute approximate surface area is 418 Å². The Morgan fingerprint density at radius 2 is 1.25 bits per heavy atom. The van der Waals surface area contributed by atoms with Crippen molar-refractivity contribution in [3.8, 4) is 0 Å². The molecule has 0 saturated heterocycles. The van der Waals surface area contributed by atoms with Gasteiger partial charge in [0, 0.05) is 67.9 Å². The van der Waals surface area contributed by atoms with Crippen LogP contribution in [0.5, 0.6) is 0 Å². The number of aliphatic hydroxyl groups is 2. The molecule has 4 unspecified atom stereocenters. The lowest BCUT2D eigenvalue weighted by Crippen LogP contribution is -2.38. The second-order valence-electron chi connectivity index (χ2n) is 17.2. The van der Waals surface area contributed by atoms with E-state index in [0.29, 0.717) is 37.3 Å². The van der Waals surface area contributed by atoms with Gasteiger partial charge in [-0.3, -0.25) is 28.8 Å². The van der Waals surface area contributed by atoms with Gasteiger partial charge in [-0.2, -0.15) is 0 Å². The SMILES string of the molecule is CC(C)O.CC(C)O.CC/C=C/C(C)=O.CC1=CC(=O)CC(C)(C)C1=O.O.[2H]/C(=C\C(C)=O)CC.[2H]C(/C=C(/C)OC)CC.[2H]C(CC)CC(C)=O.[2H]C([2H])(CC)CC(C)=O.[2H]C1C(=O)CC(C)(C)C(=O)C1C. The number of carbonyl (C=O) groups is 8. The highest BCUT2D eigenvalue weighted by atomic mass is 16.5. The molecule has 4 N–H and O–H groups in total. The van der Waals surface area contributed by atoms with E-state index in [4.69, 9.17) is 23.2 Å². The predicted molar refractivity (Wildman–Crippen MR) is 279 cm³/mol. The van der Waals surface area contributed by atoms with Crippen LogP contribution in [0.3, 0.4) is 0 Å². The highest BCUT2D eigenvalue weighted by molar-refractivity contribution is 6.10. The van der Waals surface area contributed by atoms with Crippen LogP contribution in [-0.2, 0) is 43.1 Å². The number of ketones is 8. The van der Waals surface area contributed by atoms with E-state index in [-0.39, 0.29) is 89.6 Å². The topological polar surface area (TPSA) is 218 Å². The number of rotatable bonds is 13. The first-order chi connectivity index (χ1) is 32.5. The second kappa shape index (κ2) is 51.4. The maximum atomic E-state index is 11.5. The van der Waals surface area contributed by atoms with Crippen molar-refractivity contribution in [1.29, 1.82) is 0 Å². The van der Waals surface area contributed by atoms with Gasteiger partial charge >= 0.3 is 0 Å². The molecule has 1 fully saturated rings. The normalized spacial score (nSPS) is 19.0. The quantitative estimate of drug-likeness (QED) is 0.131. The third-order valence-electron chi connectivity index (χ3n) is 7.45. The van der Waals surface area contributed by atoms with Crippen LogP contribution in [0.25, 0.3) is 0 Å². The van der Waals surface area contributed by atoms with Crippen LogP contribution >= 0.6 is 0 Å². The minimum absolute atomic E-state index is 0. The molecule has 0 aliphatic heterocycles. The first-order valence-corrected chi connectivity index (χ1v) is 23.1. The Bertz CT molecular complexity index is 1700. The molecule has 12 nitrogen and oxygen atoms in total. The molecule has 0 heterocycles. The van der Waals surface area contributed by atoms with Crippen molar-refractivity contribution >= 4 is 46.3 Å². The van der Waals surface area contributed by atoms with Gasteiger partial charge in [-0.15, -0.1) is 0 Å². The van der Waals surface area contributed by atoms with Crippen molar-refractivity contribution in [3.63, 3.8) is 0 Å². The lowest BCUT2D eigenvalue weighted by atomic mass is 9.71. The molecule has 0 amide bonds. The third-order valence-corrected chi connectivity index (χ3v) is 7.45. The summed E-state index contributed by atoms with van der Waals surface area (Å²) >= 11 is 0. The van der Waals surface area contributed by atoms with Crippen LogP contribution in [0.4, 0.5) is 0 Å². The summed E-state index contributed by atoms with van der Waals surface area (Å²) in [6, 6.07) is 0.400. The highest BCUT2D eigenvalue weighted by Crippen LogP contribution is 2.33. The first kappa shape index (κ1) is 65.1. The van der Waals surface area contributed by atoms with Crippen LogP contribution < -0.4 is 0 Å². The van der Waals surface area contributed by atoms with Gasteiger partial charge in [0.2, 0.25) is 0 Å². The number of carbonyl (C=O) groups excluding carboxylic acids is 8. The monoisotopic (exact) mass is 961 g/mol. The number of Topliss-reactive ketones (excluding diaryl/α,β-unsaturated/α-hetero) is 5. The number of aliphatic hydroxyl groups excluding tert-OH is 2. The van der Waals surface area contributed by atoms with E-state index in [1.807, 2.05) is 54.5 Å². The number of ether oxygens (including phenoxy) is 1. The smallest absolute Gasteiger partial charge is 0.164 e. The van der Waals surface area contributed by atoms with Crippen LogP contribution in [0.1, 0.15) is 230 Å². The molecule has 0 aromatic carbocycles. The van der Waals surface area contributed by atoms with E-state index in [9.17, 15) is 38.4 Å². The Morgan fingerprint density at radius 3 is 1.52 bits per heavy atom. The van der Waals surface area contributed by atoms with Gasteiger partial charge in [-0.05, 0) is 131 Å². The van der Waals surface area contributed by atoms with Crippen molar-refractivity contribution in [2.24, 2.45) is 16.7 Å². The van der Waals surface area contributed by atoms with Crippen LogP contribution in [-0.4, -0.2) is 81.3 Å². The molecule has 2 rings (SSSR count). The zero-order valence-corrected chi connectivity index (χ0v) is 45.8. The van der Waals surface area contributed by atoms with Gasteiger partial charge in [-0.1, -0.05) is 101 Å². The van der Waals surface area contributed by atoms with E-state index in [2.05, 4.69) is 0 Å². The average molecular weight is 961 g/mol. The van der Waals surface area contributed by atoms with Gasteiger partial charge in [0.15, 0.2) is 23.1 Å². The summed E-state index contributed by atoms with van der Waals surface area (Å²) in [5.41, 5.74) is -0.435. The number of allylic oxidation sites excluding steroid dienone is 8. The van der Waals surface area contributed by atoms with E-state index >= 15 is 0 Å². The van der Waals surface area contributed by atoms with Gasteiger partial charge in [-0.25, -0.2) is 0 Å². The molecule has 0 bridgehead atoms. The van der Waals surface area contributed by atoms with E-state index in [0.717, 1.165) is 25.0 Å². The molecule has 0 aromatic heterocycles. The molecule has 1 saturated carbocycles. The van der Waals surface area contributed by atoms with E-state index < -0.39 is 29.5 Å². The fourth-order valence-electron chi connectivity index (χ4n) is 4.49. The van der Waals surface area contributed by atoms with Gasteiger partial charge in [0.25, 0.3) is 0 Å². The predicted octanol–water partition coefficient (Wildman–Crippen LogP) is 12.0. The number of hydrogen-bond donors (Lipinski definition) is 2. The molecule has 0 radical (unpaired) electrons. The van der Waals surface area contributed by atoms with Crippen LogP contribution in [0.15, 0.2) is 47.8 Å². The summed E-state index contributed by atoms with van der Waals surface area (Å²) in [4.78, 5) is 86.1. The van der Waals surface area contributed by atoms with Gasteiger partial charge < -0.3 is 30.0 Å². The summed E-state index contributed by atoms with van der Waals surface area (Å²) in [7, 11) is 1.62. The summed E-state index contributed by atoms with van der Waals surface area (Å²) in [5.74, 6) is 0.615. The Hall–Kier alpha value is -4.00. The van der Waals surface area contributed by atoms with Crippen molar-refractivity contribution in [2.45, 2.75) is 234 Å². The van der Waals surface area contributed by atoms with Crippen molar-refractivity contribution in [1.82, 2.24) is 0 Å². The van der Waals surface area contributed by atoms with E-state index in [1.54, 1.807) is 88.5 Å². The number of methoxy groups -OCH3 is 1. The second-order valence-corrected chi connectivity index (χ2v) is 17.2. The maximum absolute atomic E-state index is 11.5. The molecule has 4 atom stereocenters. The molecule has 2 aliphatic carbocycles. The minimum atomic E-state index is -1.29. The van der Waals surface area contributed by atoms with Crippen LogP contribution in [0.2, 0.25) is 0 Å². The standard InChI is InChI=1S/C9H14O2.C9H12O2.C7H14O.2C6H12O.2C6H10O.2C3H8O.H2O/c2*1-6-4-7(10)5-9(2,3)8(6)11;1-4-5-6-7(2)8-3;4*1-3-4-5-6(2)7;2*1-3(2)4;/h6H,4-5H2,1-3H3;4H,5H2,1-3H3;6H,4-5H2,1-3H3;2*3-5H2,1-2H3;2*4-5H,3H2,1-2H3;2*3-4H,1-2H3;1H2/b;;7-6-;;;2*5-4+;;;/i4D;;5D;4D2;2*4D;;;;. The first-order valence-electron chi connectivity index (χ1n) is 26.3. The fraction of sp³-hybridized carbons (Fsp3) is 0.709.